The molecule has 2 atom stereocenters. The summed E-state index contributed by atoms with van der Waals surface area (Å²) < 4.78 is 0. The minimum absolute atomic E-state index is 0.342. The van der Waals surface area contributed by atoms with Gasteiger partial charge in [0.2, 0.25) is 5.91 Å². The second kappa shape index (κ2) is 9.35. The summed E-state index contributed by atoms with van der Waals surface area (Å²) in [6.07, 6.45) is 6.27. The van der Waals surface area contributed by atoms with Gasteiger partial charge in [0.25, 0.3) is 0 Å². The monoisotopic (exact) mass is 283 g/mol. The van der Waals surface area contributed by atoms with Gasteiger partial charge < -0.3 is 10.6 Å². The quantitative estimate of drug-likeness (QED) is 0.742. The summed E-state index contributed by atoms with van der Waals surface area (Å²) in [4.78, 5) is 16.8. The van der Waals surface area contributed by atoms with Gasteiger partial charge >= 0.3 is 0 Å². The number of likely N-dealkylation sites (N-methyl/N-ethyl adjacent to an activating group) is 1. The lowest BCUT2D eigenvalue weighted by molar-refractivity contribution is -0.134. The molecule has 1 aliphatic heterocycles. The summed E-state index contributed by atoms with van der Waals surface area (Å²) in [5, 5.41) is 0. The Bertz CT molecular complexity index is 277. The molecule has 0 saturated carbocycles. The van der Waals surface area contributed by atoms with Crippen molar-refractivity contribution < 1.29 is 4.79 Å². The number of carbonyl (C=O) groups excluding carboxylic acids is 1. The highest BCUT2D eigenvalue weighted by Gasteiger charge is 2.26. The van der Waals surface area contributed by atoms with Gasteiger partial charge in [-0.25, -0.2) is 0 Å². The zero-order chi connectivity index (χ0) is 15.0. The first-order valence-electron chi connectivity index (χ1n) is 8.30. The van der Waals surface area contributed by atoms with Gasteiger partial charge in [0.05, 0.1) is 0 Å². The van der Waals surface area contributed by atoms with Crippen LogP contribution in [-0.4, -0.2) is 55.0 Å². The van der Waals surface area contributed by atoms with E-state index >= 15 is 0 Å². The molecule has 0 aromatic heterocycles. The highest BCUT2D eigenvalue weighted by molar-refractivity contribution is 5.76. The zero-order valence-electron chi connectivity index (χ0n) is 13.6. The van der Waals surface area contributed by atoms with Crippen LogP contribution in [0.25, 0.3) is 0 Å². The highest BCUT2D eigenvalue weighted by Crippen LogP contribution is 2.19. The van der Waals surface area contributed by atoms with Crippen LogP contribution < -0.4 is 5.73 Å². The van der Waals surface area contributed by atoms with Gasteiger partial charge in [0, 0.05) is 32.1 Å². The van der Waals surface area contributed by atoms with Gasteiger partial charge in [0.15, 0.2) is 0 Å². The summed E-state index contributed by atoms with van der Waals surface area (Å²) in [6, 6.07) is 0.531. The maximum Gasteiger partial charge on any atom is 0.222 e. The highest BCUT2D eigenvalue weighted by atomic mass is 16.2. The van der Waals surface area contributed by atoms with E-state index in [1.165, 1.54) is 12.8 Å². The molecule has 0 aromatic rings. The minimum atomic E-state index is 0.342. The van der Waals surface area contributed by atoms with Crippen LogP contribution in [0.4, 0.5) is 0 Å². The second-order valence-corrected chi connectivity index (χ2v) is 6.15. The Morgan fingerprint density at radius 2 is 2.00 bits per heavy atom. The van der Waals surface area contributed by atoms with Crippen molar-refractivity contribution in [1.29, 1.82) is 0 Å². The Labute approximate surface area is 124 Å². The fraction of sp³-hybridized carbons (Fsp3) is 0.938. The number of amides is 1. The van der Waals surface area contributed by atoms with E-state index in [4.69, 9.17) is 5.73 Å². The molecular weight excluding hydrogens is 250 g/mol. The first-order chi connectivity index (χ1) is 9.62. The van der Waals surface area contributed by atoms with Crippen LogP contribution in [0.3, 0.4) is 0 Å². The molecule has 4 heteroatoms. The fourth-order valence-electron chi connectivity index (χ4n) is 3.18. The number of hydrogen-bond donors (Lipinski definition) is 1. The summed E-state index contributed by atoms with van der Waals surface area (Å²) in [7, 11) is 2.16. The summed E-state index contributed by atoms with van der Waals surface area (Å²) in [5.74, 6) is 0.970. The van der Waals surface area contributed by atoms with E-state index in [0.29, 0.717) is 24.3 Å². The number of hydrogen-bond acceptors (Lipinski definition) is 3. The van der Waals surface area contributed by atoms with E-state index in [-0.39, 0.29) is 0 Å². The largest absolute Gasteiger partial charge is 0.340 e. The second-order valence-electron chi connectivity index (χ2n) is 6.15. The normalized spacial score (nSPS) is 22.0. The van der Waals surface area contributed by atoms with Crippen molar-refractivity contribution >= 4 is 5.91 Å². The molecule has 20 heavy (non-hydrogen) atoms. The molecule has 0 aliphatic carbocycles. The smallest absolute Gasteiger partial charge is 0.222 e. The Morgan fingerprint density at radius 3 is 2.60 bits per heavy atom. The zero-order valence-corrected chi connectivity index (χ0v) is 13.6. The molecule has 0 radical (unpaired) electrons. The fourth-order valence-corrected chi connectivity index (χ4v) is 3.18. The molecule has 2 N–H and O–H groups in total. The summed E-state index contributed by atoms with van der Waals surface area (Å²) in [5.41, 5.74) is 5.66. The molecule has 2 unspecified atom stereocenters. The molecule has 0 bridgehead atoms. The van der Waals surface area contributed by atoms with Crippen molar-refractivity contribution in [2.45, 2.75) is 58.4 Å². The maximum atomic E-state index is 12.4. The molecule has 1 aliphatic rings. The first-order valence-corrected chi connectivity index (χ1v) is 8.30. The molecule has 0 aromatic carbocycles. The average Bonchev–Trinajstić information content (AvgIpc) is 2.45. The van der Waals surface area contributed by atoms with Crippen molar-refractivity contribution in [3.05, 3.63) is 0 Å². The molecule has 1 amide bonds. The van der Waals surface area contributed by atoms with Crippen LogP contribution in [0, 0.1) is 5.92 Å². The van der Waals surface area contributed by atoms with E-state index in [1.54, 1.807) is 0 Å². The Hall–Kier alpha value is -0.610. The molecule has 4 nitrogen and oxygen atoms in total. The minimum Gasteiger partial charge on any atom is -0.340 e. The van der Waals surface area contributed by atoms with E-state index in [1.807, 2.05) is 0 Å². The molecule has 1 rings (SSSR count). The molecule has 118 valence electrons. The number of nitrogens with two attached hydrogens (primary N) is 1. The van der Waals surface area contributed by atoms with Gasteiger partial charge in [-0.05, 0) is 38.8 Å². The summed E-state index contributed by atoms with van der Waals surface area (Å²) >= 11 is 0. The van der Waals surface area contributed by atoms with Crippen LogP contribution in [0.2, 0.25) is 0 Å². The van der Waals surface area contributed by atoms with E-state index < -0.39 is 0 Å². The maximum absolute atomic E-state index is 12.4. The first kappa shape index (κ1) is 17.4. The van der Waals surface area contributed by atoms with Crippen molar-refractivity contribution in [3.8, 4) is 0 Å². The molecule has 1 heterocycles. The Morgan fingerprint density at radius 1 is 1.25 bits per heavy atom. The van der Waals surface area contributed by atoms with Crippen molar-refractivity contribution in [1.82, 2.24) is 9.80 Å². The van der Waals surface area contributed by atoms with Gasteiger partial charge in [0.1, 0.15) is 0 Å². The number of nitrogens with zero attached hydrogens (tertiary/aromatic N) is 2. The van der Waals surface area contributed by atoms with Crippen molar-refractivity contribution in [3.63, 3.8) is 0 Å². The predicted molar refractivity (Wildman–Crippen MR) is 84.6 cm³/mol. The van der Waals surface area contributed by atoms with Gasteiger partial charge in [-0.1, -0.05) is 26.7 Å². The lowest BCUT2D eigenvalue weighted by Gasteiger charge is -2.39. The third-order valence-electron chi connectivity index (χ3n) is 4.64. The van der Waals surface area contributed by atoms with E-state index in [2.05, 4.69) is 30.7 Å². The third kappa shape index (κ3) is 5.41. The van der Waals surface area contributed by atoms with E-state index in [9.17, 15) is 4.79 Å². The standard InChI is InChI=1S/C16H33N3O/c1-4-6-14(9-10-17)7-8-16(20)19-12-11-18(3)15(5-2)13-19/h14-15H,4-13,17H2,1-3H3. The Kier molecular flexibility index (Phi) is 8.15. The van der Waals surface area contributed by atoms with Crippen LogP contribution >= 0.6 is 0 Å². The van der Waals surface area contributed by atoms with E-state index in [0.717, 1.165) is 45.4 Å². The third-order valence-corrected chi connectivity index (χ3v) is 4.64. The van der Waals surface area contributed by atoms with Crippen LogP contribution in [0.15, 0.2) is 0 Å². The average molecular weight is 283 g/mol. The van der Waals surface area contributed by atoms with Crippen molar-refractivity contribution in [2.75, 3.05) is 33.2 Å². The van der Waals surface area contributed by atoms with Crippen LogP contribution in [0.5, 0.6) is 0 Å². The number of carbonyl (C=O) groups is 1. The lowest BCUT2D eigenvalue weighted by Crippen LogP contribution is -2.52. The summed E-state index contributed by atoms with van der Waals surface area (Å²) in [6.45, 7) is 7.95. The van der Waals surface area contributed by atoms with Gasteiger partial charge in [-0.15, -0.1) is 0 Å². The SMILES string of the molecule is CCCC(CCN)CCC(=O)N1CCN(C)C(CC)C1. The van der Waals surface area contributed by atoms with Crippen LogP contribution in [0.1, 0.15) is 52.4 Å². The van der Waals surface area contributed by atoms with Gasteiger partial charge in [-0.2, -0.15) is 0 Å². The number of piperazine rings is 1. The lowest BCUT2D eigenvalue weighted by atomic mass is 9.94. The molecule has 0 spiro atoms. The predicted octanol–water partition coefficient (Wildman–Crippen LogP) is 2.08. The topological polar surface area (TPSA) is 49.6 Å². The number of rotatable bonds is 8. The Balaban J connectivity index is 2.38. The molecule has 1 saturated heterocycles. The molecule has 1 fully saturated rings. The van der Waals surface area contributed by atoms with Crippen LogP contribution in [-0.2, 0) is 4.79 Å². The van der Waals surface area contributed by atoms with Gasteiger partial charge in [-0.3, -0.25) is 9.69 Å². The van der Waals surface area contributed by atoms with Crippen molar-refractivity contribution in [2.24, 2.45) is 11.7 Å². The molecular formula is C16H33N3O.